The monoisotopic (exact) mass is 407 g/mol. The largest absolute Gasteiger partial charge is 0.493 e. The maximum atomic E-state index is 13.2. The molecule has 3 aromatic rings. The number of amides is 1. The number of aryl methyl sites for hydroxylation is 2. The zero-order valence-electron chi connectivity index (χ0n) is 16.9. The van der Waals surface area contributed by atoms with Gasteiger partial charge in [-0.1, -0.05) is 42.5 Å². The van der Waals surface area contributed by atoms with E-state index in [0.717, 1.165) is 16.7 Å². The highest BCUT2D eigenvalue weighted by atomic mass is 19.3. The van der Waals surface area contributed by atoms with Crippen LogP contribution in [0.1, 0.15) is 51.6 Å². The molecule has 4 rings (SSSR count). The molecule has 5 heteroatoms. The van der Waals surface area contributed by atoms with Crippen molar-refractivity contribution in [3.05, 3.63) is 94.0 Å². The molecule has 0 radical (unpaired) electrons. The van der Waals surface area contributed by atoms with Crippen molar-refractivity contribution in [2.45, 2.75) is 32.1 Å². The van der Waals surface area contributed by atoms with Gasteiger partial charge >= 0.3 is 0 Å². The van der Waals surface area contributed by atoms with Crippen molar-refractivity contribution in [3.63, 3.8) is 0 Å². The summed E-state index contributed by atoms with van der Waals surface area (Å²) in [4.78, 5) is 10.7. The minimum atomic E-state index is -2.54. The topological polar surface area (TPSA) is 38.3 Å². The average molecular weight is 407 g/mol. The van der Waals surface area contributed by atoms with Crippen LogP contribution in [0.4, 0.5) is 14.5 Å². The smallest absolute Gasteiger partial charge is 0.263 e. The van der Waals surface area contributed by atoms with Crippen LogP contribution in [-0.4, -0.2) is 13.0 Å². The van der Waals surface area contributed by atoms with Crippen molar-refractivity contribution in [3.8, 4) is 5.75 Å². The summed E-state index contributed by atoms with van der Waals surface area (Å²) in [6.07, 6.45) is -1.90. The van der Waals surface area contributed by atoms with Crippen molar-refractivity contribution >= 4 is 12.1 Å². The van der Waals surface area contributed by atoms with Crippen molar-refractivity contribution in [2.75, 3.05) is 11.9 Å². The fourth-order valence-electron chi connectivity index (χ4n) is 4.11. The van der Waals surface area contributed by atoms with Gasteiger partial charge in [-0.3, -0.25) is 4.79 Å². The van der Waals surface area contributed by atoms with E-state index in [1.807, 2.05) is 24.3 Å². The number of anilines is 1. The molecule has 0 bridgehead atoms. The molecule has 1 aliphatic heterocycles. The molecule has 2 atom stereocenters. The normalized spacial score (nSPS) is 17.9. The van der Waals surface area contributed by atoms with E-state index in [2.05, 4.69) is 37.4 Å². The van der Waals surface area contributed by atoms with Crippen LogP contribution in [0.15, 0.2) is 60.7 Å². The van der Waals surface area contributed by atoms with E-state index in [-0.39, 0.29) is 17.4 Å². The number of rotatable bonds is 5. The molecule has 0 saturated heterocycles. The third-order valence-corrected chi connectivity index (χ3v) is 5.90. The van der Waals surface area contributed by atoms with Crippen LogP contribution in [0.5, 0.6) is 5.75 Å². The standard InChI is InChI=1S/C25H23F2NO2/c1-15-3-4-18(11-16(15)2)22-13-30-23-12-19(25(26)27)7-10-21(23)24(22)17-5-8-20(9-6-17)28-14-29/h3-12,14,22,24-25H,13H2,1-2H3,(H,28,29). The fourth-order valence-corrected chi connectivity index (χ4v) is 4.11. The Kier molecular flexibility index (Phi) is 5.53. The van der Waals surface area contributed by atoms with Gasteiger partial charge in [-0.25, -0.2) is 8.78 Å². The number of carbonyl (C=O) groups is 1. The molecule has 1 aliphatic rings. The Bertz CT molecular complexity index is 1060. The van der Waals surface area contributed by atoms with Crippen molar-refractivity contribution in [1.29, 1.82) is 0 Å². The Balaban J connectivity index is 1.81. The van der Waals surface area contributed by atoms with E-state index in [0.29, 0.717) is 24.5 Å². The molecule has 3 nitrogen and oxygen atoms in total. The first-order chi connectivity index (χ1) is 14.5. The lowest BCUT2D eigenvalue weighted by Gasteiger charge is -2.35. The first-order valence-corrected chi connectivity index (χ1v) is 9.90. The highest BCUT2D eigenvalue weighted by Crippen LogP contribution is 2.47. The Morgan fingerprint density at radius 1 is 0.967 bits per heavy atom. The van der Waals surface area contributed by atoms with Crippen LogP contribution >= 0.6 is 0 Å². The molecule has 0 spiro atoms. The van der Waals surface area contributed by atoms with Gasteiger partial charge in [-0.2, -0.15) is 0 Å². The van der Waals surface area contributed by atoms with E-state index in [1.54, 1.807) is 6.07 Å². The third-order valence-electron chi connectivity index (χ3n) is 5.90. The van der Waals surface area contributed by atoms with Crippen LogP contribution in [0.2, 0.25) is 0 Å². The molecule has 0 saturated carbocycles. The van der Waals surface area contributed by atoms with Gasteiger partial charge in [0.15, 0.2) is 0 Å². The predicted octanol–water partition coefficient (Wildman–Crippen LogP) is 6.12. The number of ether oxygens (including phenoxy) is 1. The second-order valence-electron chi connectivity index (χ2n) is 7.72. The van der Waals surface area contributed by atoms with E-state index >= 15 is 0 Å². The Morgan fingerprint density at radius 3 is 2.37 bits per heavy atom. The minimum Gasteiger partial charge on any atom is -0.493 e. The van der Waals surface area contributed by atoms with E-state index in [1.165, 1.54) is 23.3 Å². The maximum Gasteiger partial charge on any atom is 0.263 e. The molecule has 0 aliphatic carbocycles. The zero-order chi connectivity index (χ0) is 21.3. The van der Waals surface area contributed by atoms with Gasteiger partial charge < -0.3 is 10.1 Å². The van der Waals surface area contributed by atoms with E-state index in [4.69, 9.17) is 4.74 Å². The Morgan fingerprint density at radius 2 is 1.70 bits per heavy atom. The molecule has 2 unspecified atom stereocenters. The number of fused-ring (bicyclic) bond motifs is 1. The first kappa shape index (κ1) is 20.1. The molecule has 0 fully saturated rings. The summed E-state index contributed by atoms with van der Waals surface area (Å²) in [6, 6.07) is 18.7. The molecule has 3 aromatic carbocycles. The lowest BCUT2D eigenvalue weighted by molar-refractivity contribution is -0.105. The van der Waals surface area contributed by atoms with Crippen molar-refractivity contribution in [2.24, 2.45) is 0 Å². The van der Waals surface area contributed by atoms with Gasteiger partial charge in [0.1, 0.15) is 5.75 Å². The molecular weight excluding hydrogens is 384 g/mol. The van der Waals surface area contributed by atoms with Crippen LogP contribution in [0.3, 0.4) is 0 Å². The summed E-state index contributed by atoms with van der Waals surface area (Å²) in [6.45, 7) is 4.56. The second kappa shape index (κ2) is 8.27. The van der Waals surface area contributed by atoms with Crippen LogP contribution in [0, 0.1) is 13.8 Å². The second-order valence-corrected chi connectivity index (χ2v) is 7.72. The highest BCUT2D eigenvalue weighted by Gasteiger charge is 2.34. The van der Waals surface area contributed by atoms with Gasteiger partial charge in [-0.05, 0) is 54.3 Å². The van der Waals surface area contributed by atoms with Crippen molar-refractivity contribution in [1.82, 2.24) is 0 Å². The molecule has 1 heterocycles. The van der Waals surface area contributed by atoms with Crippen LogP contribution in [-0.2, 0) is 4.79 Å². The number of nitrogens with one attached hydrogen (secondary N) is 1. The highest BCUT2D eigenvalue weighted by molar-refractivity contribution is 5.71. The molecule has 30 heavy (non-hydrogen) atoms. The summed E-state index contributed by atoms with van der Waals surface area (Å²) < 4.78 is 32.4. The van der Waals surface area contributed by atoms with E-state index < -0.39 is 6.43 Å². The zero-order valence-corrected chi connectivity index (χ0v) is 16.9. The first-order valence-electron chi connectivity index (χ1n) is 9.90. The number of alkyl halides is 2. The van der Waals surface area contributed by atoms with Gasteiger partial charge in [0.25, 0.3) is 6.43 Å². The molecule has 0 aromatic heterocycles. The van der Waals surface area contributed by atoms with Gasteiger partial charge in [-0.15, -0.1) is 0 Å². The quantitative estimate of drug-likeness (QED) is 0.518. The maximum absolute atomic E-state index is 13.2. The number of halogens is 2. The summed E-state index contributed by atoms with van der Waals surface area (Å²) in [5, 5.41) is 2.64. The molecule has 154 valence electrons. The number of hydrogen-bond donors (Lipinski definition) is 1. The molecule has 1 amide bonds. The number of hydrogen-bond acceptors (Lipinski definition) is 2. The third kappa shape index (κ3) is 3.80. The van der Waals surface area contributed by atoms with Crippen LogP contribution in [0.25, 0.3) is 0 Å². The lowest BCUT2D eigenvalue weighted by atomic mass is 9.75. The fraction of sp³-hybridized carbons (Fsp3) is 0.240. The van der Waals surface area contributed by atoms with Gasteiger partial charge in [0.05, 0.1) is 6.61 Å². The SMILES string of the molecule is Cc1ccc(C2COc3cc(C(F)F)ccc3C2c2ccc(NC=O)cc2)cc1C. The van der Waals surface area contributed by atoms with Crippen LogP contribution < -0.4 is 10.1 Å². The summed E-state index contributed by atoms with van der Waals surface area (Å²) in [7, 11) is 0. The minimum absolute atomic E-state index is 0.0392. The predicted molar refractivity (Wildman–Crippen MR) is 114 cm³/mol. The van der Waals surface area contributed by atoms with Gasteiger partial charge in [0, 0.05) is 28.7 Å². The molecular formula is C25H23F2NO2. The van der Waals surface area contributed by atoms with Crippen molar-refractivity contribution < 1.29 is 18.3 Å². The van der Waals surface area contributed by atoms with E-state index in [9.17, 15) is 13.6 Å². The number of carbonyl (C=O) groups excluding carboxylic acids is 1. The number of benzene rings is 3. The lowest BCUT2D eigenvalue weighted by Crippen LogP contribution is -2.25. The molecule has 1 N–H and O–H groups in total. The summed E-state index contributed by atoms with van der Waals surface area (Å²) in [5.74, 6) is 0.500. The summed E-state index contributed by atoms with van der Waals surface area (Å²) >= 11 is 0. The Labute approximate surface area is 174 Å². The Hall–Kier alpha value is -3.21. The average Bonchev–Trinajstić information content (AvgIpc) is 2.75. The summed E-state index contributed by atoms with van der Waals surface area (Å²) in [5.41, 5.74) is 6.18. The van der Waals surface area contributed by atoms with Gasteiger partial charge in [0.2, 0.25) is 6.41 Å².